The molecule has 0 fully saturated rings. The summed E-state index contributed by atoms with van der Waals surface area (Å²) in [5.41, 5.74) is 6.19. The summed E-state index contributed by atoms with van der Waals surface area (Å²) < 4.78 is 5.17. The van der Waals surface area contributed by atoms with Crippen LogP contribution in [0.1, 0.15) is 24.9 Å². The van der Waals surface area contributed by atoms with Crippen LogP contribution in [0.15, 0.2) is 24.3 Å². The molecule has 0 aliphatic carbocycles. The summed E-state index contributed by atoms with van der Waals surface area (Å²) in [5.74, 6) is 0.194. The molecule has 4 heteroatoms. The maximum Gasteiger partial charge on any atom is 0.255 e. The fourth-order valence-corrected chi connectivity index (χ4v) is 1.56. The minimum absolute atomic E-state index is 0.0808. The maximum absolute atomic E-state index is 10.5. The van der Waals surface area contributed by atoms with E-state index in [4.69, 9.17) is 10.5 Å². The number of carbonyl (C=O) groups excluding carboxylic acids is 1. The molecule has 0 saturated heterocycles. The second-order valence-electron chi connectivity index (χ2n) is 3.57. The maximum atomic E-state index is 10.5. The van der Waals surface area contributed by atoms with Gasteiger partial charge in [0.1, 0.15) is 5.75 Å². The number of primary amides is 1. The van der Waals surface area contributed by atoms with Crippen molar-refractivity contribution in [3.8, 4) is 5.75 Å². The number of amides is 1. The van der Waals surface area contributed by atoms with Crippen LogP contribution in [0, 0.1) is 0 Å². The predicted molar refractivity (Wildman–Crippen MR) is 63.2 cm³/mol. The van der Waals surface area contributed by atoms with E-state index in [2.05, 4.69) is 12.2 Å². The Kier molecular flexibility index (Phi) is 4.79. The zero-order valence-corrected chi connectivity index (χ0v) is 9.69. The smallest absolute Gasteiger partial charge is 0.255 e. The van der Waals surface area contributed by atoms with Gasteiger partial charge in [0.25, 0.3) is 5.91 Å². The molecule has 0 aromatic heterocycles. The standard InChI is InChI=1S/C12H18N2O2/c1-3-11(14-2)9-4-6-10(7-5-9)16-8-12(13)15/h4-7,11,14H,3,8H2,1-2H3,(H2,13,15). The van der Waals surface area contributed by atoms with Crippen LogP contribution in [0.25, 0.3) is 0 Å². The van der Waals surface area contributed by atoms with E-state index >= 15 is 0 Å². The van der Waals surface area contributed by atoms with Crippen molar-refractivity contribution in [1.82, 2.24) is 5.32 Å². The van der Waals surface area contributed by atoms with Gasteiger partial charge in [-0.15, -0.1) is 0 Å². The molecule has 88 valence electrons. The lowest BCUT2D eigenvalue weighted by atomic mass is 10.1. The molecule has 1 atom stereocenters. The van der Waals surface area contributed by atoms with Gasteiger partial charge in [-0.1, -0.05) is 19.1 Å². The highest BCUT2D eigenvalue weighted by Gasteiger charge is 2.06. The quantitative estimate of drug-likeness (QED) is 0.760. The molecule has 1 unspecified atom stereocenters. The molecule has 1 rings (SSSR count). The molecule has 0 heterocycles. The highest BCUT2D eigenvalue weighted by atomic mass is 16.5. The van der Waals surface area contributed by atoms with Crippen LogP contribution in [-0.2, 0) is 4.79 Å². The molecular formula is C12H18N2O2. The van der Waals surface area contributed by atoms with Crippen molar-refractivity contribution >= 4 is 5.91 Å². The number of nitrogens with two attached hydrogens (primary N) is 1. The van der Waals surface area contributed by atoms with Gasteiger partial charge >= 0.3 is 0 Å². The van der Waals surface area contributed by atoms with Gasteiger partial charge in [0, 0.05) is 6.04 Å². The predicted octanol–water partition coefficient (Wildman–Crippen LogP) is 1.22. The van der Waals surface area contributed by atoms with Crippen LogP contribution < -0.4 is 15.8 Å². The van der Waals surface area contributed by atoms with Crippen LogP contribution in [0.5, 0.6) is 5.75 Å². The zero-order chi connectivity index (χ0) is 12.0. The summed E-state index contributed by atoms with van der Waals surface area (Å²) in [5, 5.41) is 3.22. The van der Waals surface area contributed by atoms with Crippen LogP contribution in [-0.4, -0.2) is 19.6 Å². The largest absolute Gasteiger partial charge is 0.484 e. The number of hydrogen-bond donors (Lipinski definition) is 2. The first-order valence-corrected chi connectivity index (χ1v) is 5.35. The lowest BCUT2D eigenvalue weighted by Gasteiger charge is -2.14. The lowest BCUT2D eigenvalue weighted by Crippen LogP contribution is -2.20. The molecule has 3 N–H and O–H groups in total. The molecule has 0 saturated carbocycles. The van der Waals surface area contributed by atoms with E-state index in [9.17, 15) is 4.79 Å². The van der Waals surface area contributed by atoms with Gasteiger partial charge < -0.3 is 15.8 Å². The van der Waals surface area contributed by atoms with Gasteiger partial charge in [-0.2, -0.15) is 0 Å². The molecule has 0 aliphatic rings. The Hall–Kier alpha value is -1.55. The average Bonchev–Trinajstić information content (AvgIpc) is 2.29. The van der Waals surface area contributed by atoms with Crippen molar-refractivity contribution in [1.29, 1.82) is 0 Å². The van der Waals surface area contributed by atoms with Gasteiger partial charge in [0.15, 0.2) is 6.61 Å². The molecular weight excluding hydrogens is 204 g/mol. The van der Waals surface area contributed by atoms with E-state index < -0.39 is 5.91 Å². The Bertz CT molecular complexity index is 331. The molecule has 1 amide bonds. The van der Waals surface area contributed by atoms with Crippen molar-refractivity contribution in [3.05, 3.63) is 29.8 Å². The van der Waals surface area contributed by atoms with E-state index in [-0.39, 0.29) is 6.61 Å². The molecule has 0 bridgehead atoms. The first kappa shape index (κ1) is 12.5. The number of benzene rings is 1. The average molecular weight is 222 g/mol. The van der Waals surface area contributed by atoms with Crippen molar-refractivity contribution in [2.75, 3.05) is 13.7 Å². The highest BCUT2D eigenvalue weighted by Crippen LogP contribution is 2.19. The van der Waals surface area contributed by atoms with E-state index in [0.717, 1.165) is 6.42 Å². The van der Waals surface area contributed by atoms with Crippen molar-refractivity contribution in [2.45, 2.75) is 19.4 Å². The van der Waals surface area contributed by atoms with E-state index in [0.29, 0.717) is 11.8 Å². The summed E-state index contributed by atoms with van der Waals surface area (Å²) in [6.07, 6.45) is 1.03. The number of nitrogens with one attached hydrogen (secondary N) is 1. The Labute approximate surface area is 95.8 Å². The monoisotopic (exact) mass is 222 g/mol. The van der Waals surface area contributed by atoms with Gasteiger partial charge in [-0.25, -0.2) is 0 Å². The third-order valence-corrected chi connectivity index (χ3v) is 2.42. The van der Waals surface area contributed by atoms with Gasteiger partial charge in [0.05, 0.1) is 0 Å². The number of rotatable bonds is 6. The van der Waals surface area contributed by atoms with Gasteiger partial charge in [0.2, 0.25) is 0 Å². The van der Waals surface area contributed by atoms with Crippen LogP contribution in [0.3, 0.4) is 0 Å². The highest BCUT2D eigenvalue weighted by molar-refractivity contribution is 5.75. The van der Waals surface area contributed by atoms with E-state index in [1.165, 1.54) is 5.56 Å². The van der Waals surface area contributed by atoms with E-state index in [1.807, 2.05) is 31.3 Å². The minimum atomic E-state index is -0.467. The van der Waals surface area contributed by atoms with Crippen LogP contribution in [0.4, 0.5) is 0 Å². The van der Waals surface area contributed by atoms with Crippen LogP contribution >= 0.6 is 0 Å². The summed E-state index contributed by atoms with van der Waals surface area (Å²) in [6.45, 7) is 2.04. The van der Waals surface area contributed by atoms with Gasteiger partial charge in [-0.05, 0) is 31.2 Å². The van der Waals surface area contributed by atoms with Crippen molar-refractivity contribution in [2.24, 2.45) is 5.73 Å². The molecule has 16 heavy (non-hydrogen) atoms. The third-order valence-electron chi connectivity index (χ3n) is 2.42. The Morgan fingerprint density at radius 1 is 1.44 bits per heavy atom. The topological polar surface area (TPSA) is 64.3 Å². The molecule has 1 aromatic carbocycles. The Morgan fingerprint density at radius 2 is 2.06 bits per heavy atom. The molecule has 1 aromatic rings. The zero-order valence-electron chi connectivity index (χ0n) is 9.69. The molecule has 0 radical (unpaired) electrons. The summed E-state index contributed by atoms with van der Waals surface area (Å²) in [4.78, 5) is 10.5. The third kappa shape index (κ3) is 3.55. The Morgan fingerprint density at radius 3 is 2.50 bits per heavy atom. The van der Waals surface area contributed by atoms with E-state index in [1.54, 1.807) is 0 Å². The lowest BCUT2D eigenvalue weighted by molar-refractivity contribution is -0.119. The number of hydrogen-bond acceptors (Lipinski definition) is 3. The molecule has 0 spiro atoms. The SMILES string of the molecule is CCC(NC)c1ccc(OCC(N)=O)cc1. The molecule has 0 aliphatic heterocycles. The molecule has 4 nitrogen and oxygen atoms in total. The second-order valence-corrected chi connectivity index (χ2v) is 3.57. The van der Waals surface area contributed by atoms with Crippen molar-refractivity contribution < 1.29 is 9.53 Å². The Balaban J connectivity index is 2.63. The first-order chi connectivity index (χ1) is 7.67. The van der Waals surface area contributed by atoms with Crippen molar-refractivity contribution in [3.63, 3.8) is 0 Å². The first-order valence-electron chi connectivity index (χ1n) is 5.35. The fourth-order valence-electron chi connectivity index (χ4n) is 1.56. The second kappa shape index (κ2) is 6.12. The normalized spacial score (nSPS) is 12.1. The van der Waals surface area contributed by atoms with Gasteiger partial charge in [-0.3, -0.25) is 4.79 Å². The number of carbonyl (C=O) groups is 1. The summed E-state index contributed by atoms with van der Waals surface area (Å²) in [7, 11) is 1.94. The summed E-state index contributed by atoms with van der Waals surface area (Å²) in [6, 6.07) is 8.02. The van der Waals surface area contributed by atoms with Crippen LogP contribution in [0.2, 0.25) is 0 Å². The fraction of sp³-hybridized carbons (Fsp3) is 0.417. The number of ether oxygens (including phenoxy) is 1. The minimum Gasteiger partial charge on any atom is -0.484 e. The summed E-state index contributed by atoms with van der Waals surface area (Å²) >= 11 is 0.